The Labute approximate surface area is 247 Å². The van der Waals surface area contributed by atoms with E-state index < -0.39 is 34.3 Å². The highest BCUT2D eigenvalue weighted by Gasteiger charge is 2.36. The van der Waals surface area contributed by atoms with Crippen LogP contribution in [0.1, 0.15) is 11.1 Å². The van der Waals surface area contributed by atoms with Crippen LogP contribution in [0.5, 0.6) is 5.75 Å². The number of benzene rings is 3. The zero-order valence-electron chi connectivity index (χ0n) is 19.2. The van der Waals surface area contributed by atoms with E-state index in [9.17, 15) is 28.9 Å². The average Bonchev–Trinajstić information content (AvgIpc) is 3.11. The molecule has 3 aromatic carbocycles. The van der Waals surface area contributed by atoms with Gasteiger partial charge in [-0.3, -0.25) is 29.4 Å². The fourth-order valence-electron chi connectivity index (χ4n) is 3.41. The number of rotatable bonds is 8. The van der Waals surface area contributed by atoms with Crippen molar-refractivity contribution in [1.82, 2.24) is 4.90 Å². The Hall–Kier alpha value is -3.05. The number of carbonyl (C=O) groups is 3. The molecular weight excluding hydrogens is 743 g/mol. The van der Waals surface area contributed by atoms with Gasteiger partial charge in [0.2, 0.25) is 5.91 Å². The van der Waals surface area contributed by atoms with Gasteiger partial charge in [-0.25, -0.2) is 4.39 Å². The molecule has 1 aliphatic rings. The van der Waals surface area contributed by atoms with Crippen molar-refractivity contribution in [2.24, 2.45) is 0 Å². The quantitative estimate of drug-likeness (QED) is 0.126. The van der Waals surface area contributed by atoms with Crippen molar-refractivity contribution in [3.8, 4) is 5.75 Å². The maximum atomic E-state index is 13.3. The minimum absolute atomic E-state index is 0.0220. The van der Waals surface area contributed by atoms with Crippen LogP contribution in [0.3, 0.4) is 0 Å². The molecule has 194 valence electrons. The van der Waals surface area contributed by atoms with E-state index in [0.29, 0.717) is 16.9 Å². The molecule has 0 aliphatic carbocycles. The van der Waals surface area contributed by atoms with Gasteiger partial charge < -0.3 is 10.1 Å². The normalized spacial score (nSPS) is 14.2. The molecule has 0 atom stereocenters. The molecule has 0 spiro atoms. The summed E-state index contributed by atoms with van der Waals surface area (Å²) in [5.41, 5.74) is 1.49. The summed E-state index contributed by atoms with van der Waals surface area (Å²) in [6, 6.07) is 15.0. The molecule has 3 amide bonds. The van der Waals surface area contributed by atoms with Crippen molar-refractivity contribution < 1.29 is 28.4 Å². The Balaban J connectivity index is 1.44. The lowest BCUT2D eigenvalue weighted by Gasteiger charge is -2.13. The second kappa shape index (κ2) is 12.2. The molecule has 1 fully saturated rings. The Morgan fingerprint density at radius 3 is 2.50 bits per heavy atom. The number of nitrogens with zero attached hydrogens (tertiary/aromatic N) is 2. The van der Waals surface area contributed by atoms with Crippen LogP contribution in [0.25, 0.3) is 6.08 Å². The van der Waals surface area contributed by atoms with Gasteiger partial charge >= 0.3 is 0 Å². The minimum Gasteiger partial charge on any atom is -0.487 e. The average molecular weight is 759 g/mol. The summed E-state index contributed by atoms with van der Waals surface area (Å²) in [7, 11) is 0. The molecule has 38 heavy (non-hydrogen) atoms. The number of hydrogen-bond donors (Lipinski definition) is 1. The molecule has 0 radical (unpaired) electrons. The smallest absolute Gasteiger partial charge is 0.294 e. The zero-order chi connectivity index (χ0) is 27.4. The Bertz CT molecular complexity index is 1480. The van der Waals surface area contributed by atoms with E-state index in [0.717, 1.165) is 29.9 Å². The number of imide groups is 1. The van der Waals surface area contributed by atoms with Crippen LogP contribution in [0.15, 0.2) is 65.6 Å². The van der Waals surface area contributed by atoms with E-state index >= 15 is 0 Å². The largest absolute Gasteiger partial charge is 0.487 e. The summed E-state index contributed by atoms with van der Waals surface area (Å²) in [5, 5.41) is 12.9. The SMILES string of the molecule is O=C(CN1C(=O)S/C(=C/c2cc(I)c(OCc3cccc([N+](=O)[O-])c3)c(I)c2)C1=O)Nc1cccc(F)c1. The van der Waals surface area contributed by atoms with Crippen LogP contribution < -0.4 is 10.1 Å². The third kappa shape index (κ3) is 6.87. The molecule has 1 aliphatic heterocycles. The summed E-state index contributed by atoms with van der Waals surface area (Å²) in [6.45, 7) is -0.373. The van der Waals surface area contributed by atoms with Gasteiger partial charge in [-0.15, -0.1) is 0 Å². The summed E-state index contributed by atoms with van der Waals surface area (Å²) in [6.07, 6.45) is 1.56. The van der Waals surface area contributed by atoms with E-state index in [4.69, 9.17) is 4.74 Å². The Kier molecular flexibility index (Phi) is 8.99. The fourth-order valence-corrected chi connectivity index (χ4v) is 6.38. The van der Waals surface area contributed by atoms with Crippen LogP contribution in [0.2, 0.25) is 0 Å². The van der Waals surface area contributed by atoms with Gasteiger partial charge in [-0.1, -0.05) is 18.2 Å². The van der Waals surface area contributed by atoms with Crippen LogP contribution in [-0.4, -0.2) is 33.4 Å². The maximum Gasteiger partial charge on any atom is 0.294 e. The van der Waals surface area contributed by atoms with E-state index in [2.05, 4.69) is 50.5 Å². The summed E-state index contributed by atoms with van der Waals surface area (Å²) >= 11 is 4.89. The van der Waals surface area contributed by atoms with Crippen molar-refractivity contribution in [3.63, 3.8) is 0 Å². The first-order valence-corrected chi connectivity index (χ1v) is 13.7. The van der Waals surface area contributed by atoms with Crippen molar-refractivity contribution in [2.45, 2.75) is 6.61 Å². The number of halogens is 3. The summed E-state index contributed by atoms with van der Waals surface area (Å²) < 4.78 is 20.7. The lowest BCUT2D eigenvalue weighted by molar-refractivity contribution is -0.384. The van der Waals surface area contributed by atoms with Crippen molar-refractivity contribution >= 4 is 91.4 Å². The molecule has 0 bridgehead atoms. The summed E-state index contributed by atoms with van der Waals surface area (Å²) in [5.74, 6) is -1.18. The molecule has 4 rings (SSSR count). The highest BCUT2D eigenvalue weighted by Crippen LogP contribution is 2.35. The van der Waals surface area contributed by atoms with Crippen LogP contribution in [-0.2, 0) is 16.2 Å². The van der Waals surface area contributed by atoms with Gasteiger partial charge in [0.15, 0.2) is 0 Å². The van der Waals surface area contributed by atoms with E-state index in [1.165, 1.54) is 30.3 Å². The van der Waals surface area contributed by atoms with Crippen molar-refractivity contribution in [2.75, 3.05) is 11.9 Å². The number of carbonyl (C=O) groups excluding carboxylic acids is 3. The van der Waals surface area contributed by atoms with Crippen LogP contribution >= 0.6 is 56.9 Å². The standard InChI is InChI=1S/C25H16FI2N3O6S/c26-16-4-2-5-17(11-16)29-22(32)12-30-24(33)21(38-25(30)34)10-15-8-19(27)23(20(28)9-15)37-13-14-3-1-6-18(7-14)31(35)36/h1-11H,12-13H2,(H,29,32)/b21-10+. The van der Waals surface area contributed by atoms with E-state index in [1.54, 1.807) is 30.3 Å². The number of nitrogens with one attached hydrogen (secondary N) is 1. The van der Waals surface area contributed by atoms with Crippen LogP contribution in [0, 0.1) is 23.1 Å². The number of nitro groups is 1. The summed E-state index contributed by atoms with van der Waals surface area (Å²) in [4.78, 5) is 49.1. The van der Waals surface area contributed by atoms with Crippen LogP contribution in [0.4, 0.5) is 20.6 Å². The Morgan fingerprint density at radius 2 is 1.82 bits per heavy atom. The van der Waals surface area contributed by atoms with E-state index in [-0.39, 0.29) is 22.9 Å². The topological polar surface area (TPSA) is 119 Å². The monoisotopic (exact) mass is 759 g/mol. The van der Waals surface area contributed by atoms with Gasteiger partial charge in [0.05, 0.1) is 17.0 Å². The second-order valence-corrected chi connectivity index (χ2v) is 11.2. The number of nitro benzene ring substituents is 1. The number of ether oxygens (including phenoxy) is 1. The predicted molar refractivity (Wildman–Crippen MR) is 157 cm³/mol. The van der Waals surface area contributed by atoms with Gasteiger partial charge in [-0.2, -0.15) is 0 Å². The number of amides is 3. The molecule has 0 aromatic heterocycles. The first-order valence-electron chi connectivity index (χ1n) is 10.8. The molecule has 1 N–H and O–H groups in total. The molecule has 13 heteroatoms. The number of hydrogen-bond acceptors (Lipinski definition) is 7. The third-order valence-electron chi connectivity index (χ3n) is 5.11. The van der Waals surface area contributed by atoms with Gasteiger partial charge in [0.25, 0.3) is 16.8 Å². The lowest BCUT2D eigenvalue weighted by atomic mass is 10.2. The van der Waals surface area contributed by atoms with E-state index in [1.807, 2.05) is 0 Å². The molecule has 3 aromatic rings. The first kappa shape index (κ1) is 28.0. The molecule has 0 unspecified atom stereocenters. The molecule has 9 nitrogen and oxygen atoms in total. The molecule has 1 heterocycles. The fraction of sp³-hybridized carbons (Fsp3) is 0.0800. The van der Waals surface area contributed by atoms with Gasteiger partial charge in [0.1, 0.15) is 24.7 Å². The Morgan fingerprint density at radius 1 is 1.11 bits per heavy atom. The second-order valence-electron chi connectivity index (χ2n) is 7.86. The lowest BCUT2D eigenvalue weighted by Crippen LogP contribution is -2.36. The highest BCUT2D eigenvalue weighted by atomic mass is 127. The predicted octanol–water partition coefficient (Wildman–Crippen LogP) is 6.20. The number of anilines is 1. The molecular formula is C25H16FI2N3O6S. The minimum atomic E-state index is -0.631. The van der Waals surface area contributed by atoms with Crippen molar-refractivity contribution in [1.29, 1.82) is 0 Å². The van der Waals surface area contributed by atoms with Gasteiger partial charge in [0, 0.05) is 17.8 Å². The first-order chi connectivity index (χ1) is 18.1. The molecule has 1 saturated heterocycles. The maximum absolute atomic E-state index is 13.3. The number of non-ortho nitro benzene ring substituents is 1. The van der Waals surface area contributed by atoms with Crippen molar-refractivity contribution in [3.05, 3.63) is 99.8 Å². The zero-order valence-corrected chi connectivity index (χ0v) is 24.3. The third-order valence-corrected chi connectivity index (χ3v) is 7.62. The number of thioether (sulfide) groups is 1. The molecule has 0 saturated carbocycles. The van der Waals surface area contributed by atoms with Gasteiger partial charge in [-0.05, 0) is 104 Å². The highest BCUT2D eigenvalue weighted by molar-refractivity contribution is 14.1.